The zero-order chi connectivity index (χ0) is 12.6. The maximum absolute atomic E-state index is 11.1. The molecule has 0 spiro atoms. The van der Waals surface area contributed by atoms with Crippen LogP contribution in [0.5, 0.6) is 0 Å². The van der Waals surface area contributed by atoms with E-state index in [0.717, 1.165) is 0 Å². The predicted molar refractivity (Wildman–Crippen MR) is 65.8 cm³/mol. The van der Waals surface area contributed by atoms with Crippen molar-refractivity contribution in [1.29, 1.82) is 0 Å². The summed E-state index contributed by atoms with van der Waals surface area (Å²) in [6, 6.07) is 0. The highest BCUT2D eigenvalue weighted by atomic mass is 28.3. The molecule has 0 fully saturated rings. The van der Waals surface area contributed by atoms with Gasteiger partial charge in [-0.25, -0.2) is 4.79 Å². The second-order valence-electron chi connectivity index (χ2n) is 3.48. The molecular formula is C11H22O4Si. The van der Waals surface area contributed by atoms with Crippen LogP contribution in [-0.2, 0) is 19.0 Å². The van der Waals surface area contributed by atoms with Crippen LogP contribution in [0.15, 0.2) is 12.7 Å². The third-order valence-electron chi connectivity index (χ3n) is 2.30. The molecule has 0 aromatic heterocycles. The lowest BCUT2D eigenvalue weighted by atomic mass is 10.6. The number of hydrogen-bond acceptors (Lipinski definition) is 4. The van der Waals surface area contributed by atoms with Crippen LogP contribution in [0.2, 0.25) is 6.55 Å². The Balaban J connectivity index is 4.28. The monoisotopic (exact) mass is 246 g/mol. The topological polar surface area (TPSA) is 44.8 Å². The fourth-order valence-electron chi connectivity index (χ4n) is 1.24. The van der Waals surface area contributed by atoms with E-state index >= 15 is 0 Å². The van der Waals surface area contributed by atoms with Crippen LogP contribution >= 0.6 is 0 Å². The Labute approximate surface area is 99.2 Å². The lowest BCUT2D eigenvalue weighted by Crippen LogP contribution is -2.43. The highest BCUT2D eigenvalue weighted by molar-refractivity contribution is 6.59. The number of carbonyl (C=O) groups excluding carboxylic acids is 1. The van der Waals surface area contributed by atoms with Crippen molar-refractivity contribution in [2.24, 2.45) is 0 Å². The third kappa shape index (κ3) is 5.44. The lowest BCUT2D eigenvalue weighted by Gasteiger charge is -2.26. The number of carbonyl (C=O) groups is 1. The van der Waals surface area contributed by atoms with Crippen LogP contribution in [0, 0.1) is 0 Å². The van der Waals surface area contributed by atoms with Gasteiger partial charge in [-0.1, -0.05) is 13.1 Å². The molecule has 2 unspecified atom stereocenters. The van der Waals surface area contributed by atoms with Crippen molar-refractivity contribution in [2.45, 2.75) is 39.0 Å². The molecule has 0 bridgehead atoms. The average Bonchev–Trinajstić information content (AvgIpc) is 2.27. The highest BCUT2D eigenvalue weighted by Gasteiger charge is 2.27. The molecule has 0 amide bonds. The van der Waals surface area contributed by atoms with Gasteiger partial charge in [0.05, 0.1) is 5.73 Å². The van der Waals surface area contributed by atoms with Crippen LogP contribution in [0.1, 0.15) is 20.8 Å². The maximum atomic E-state index is 11.1. The molecule has 0 aliphatic rings. The number of ether oxygens (including phenoxy) is 3. The Morgan fingerprint density at radius 2 is 1.88 bits per heavy atom. The first kappa shape index (κ1) is 15.3. The standard InChI is InChI=1S/C11H22O4Si/c1-6-10(12)15-9(4)16(5)11(13-7-2)14-8-3/h6,9,11,16H,1,7-8H2,2-5H3. The zero-order valence-corrected chi connectivity index (χ0v) is 11.7. The van der Waals surface area contributed by atoms with Gasteiger partial charge in [-0.2, -0.15) is 0 Å². The minimum atomic E-state index is -1.45. The first-order valence-corrected chi connectivity index (χ1v) is 8.11. The molecule has 0 saturated heterocycles. The first-order valence-electron chi connectivity index (χ1n) is 5.63. The fraction of sp³-hybridized carbons (Fsp3) is 0.727. The molecule has 5 heteroatoms. The van der Waals surface area contributed by atoms with Crippen molar-refractivity contribution in [3.8, 4) is 0 Å². The van der Waals surface area contributed by atoms with Gasteiger partial charge in [0, 0.05) is 19.3 Å². The minimum Gasteiger partial charge on any atom is -0.464 e. The van der Waals surface area contributed by atoms with Gasteiger partial charge in [0.2, 0.25) is 0 Å². The van der Waals surface area contributed by atoms with Crippen molar-refractivity contribution in [1.82, 2.24) is 0 Å². The fourth-order valence-corrected chi connectivity index (χ4v) is 3.02. The van der Waals surface area contributed by atoms with E-state index in [0.29, 0.717) is 13.2 Å². The Hall–Kier alpha value is -0.653. The molecule has 0 N–H and O–H groups in total. The quantitative estimate of drug-likeness (QED) is 0.281. The summed E-state index contributed by atoms with van der Waals surface area (Å²) < 4.78 is 16.2. The molecule has 0 aromatic carbocycles. The number of esters is 1. The van der Waals surface area contributed by atoms with Crippen molar-refractivity contribution >= 4 is 14.8 Å². The summed E-state index contributed by atoms with van der Waals surface area (Å²) in [6.07, 6.45) is 1.17. The van der Waals surface area contributed by atoms with E-state index < -0.39 is 14.8 Å². The van der Waals surface area contributed by atoms with Crippen LogP contribution in [0.3, 0.4) is 0 Å². The molecule has 0 saturated carbocycles. The Morgan fingerprint density at radius 3 is 2.25 bits per heavy atom. The van der Waals surface area contributed by atoms with Gasteiger partial charge in [-0.15, -0.1) is 0 Å². The van der Waals surface area contributed by atoms with E-state index in [1.165, 1.54) is 6.08 Å². The predicted octanol–water partition coefficient (Wildman–Crippen LogP) is 1.44. The molecule has 0 aliphatic carbocycles. The van der Waals surface area contributed by atoms with E-state index in [2.05, 4.69) is 13.1 Å². The summed E-state index contributed by atoms with van der Waals surface area (Å²) in [5.41, 5.74) is -0.131. The molecule has 0 radical (unpaired) electrons. The molecule has 16 heavy (non-hydrogen) atoms. The number of rotatable bonds is 8. The molecule has 94 valence electrons. The van der Waals surface area contributed by atoms with Gasteiger partial charge in [0.25, 0.3) is 0 Å². The summed E-state index contributed by atoms with van der Waals surface area (Å²) in [4.78, 5) is 11.1. The minimum absolute atomic E-state index is 0.131. The van der Waals surface area contributed by atoms with Crippen LogP contribution in [0.25, 0.3) is 0 Å². The number of hydrogen-bond donors (Lipinski definition) is 0. The van der Waals surface area contributed by atoms with Gasteiger partial charge in [-0.3, -0.25) is 0 Å². The summed E-state index contributed by atoms with van der Waals surface area (Å²) in [5, 5.41) is 0. The summed E-state index contributed by atoms with van der Waals surface area (Å²) in [7, 11) is -1.45. The van der Waals surface area contributed by atoms with E-state index in [-0.39, 0.29) is 11.6 Å². The smallest absolute Gasteiger partial charge is 0.330 e. The first-order chi connectivity index (χ1) is 7.56. The van der Waals surface area contributed by atoms with Crippen LogP contribution in [0.4, 0.5) is 0 Å². The zero-order valence-electron chi connectivity index (χ0n) is 10.6. The molecular weight excluding hydrogens is 224 g/mol. The van der Waals surface area contributed by atoms with Gasteiger partial charge in [0.15, 0.2) is 0 Å². The molecule has 2 atom stereocenters. The largest absolute Gasteiger partial charge is 0.464 e. The second kappa shape index (κ2) is 8.49. The van der Waals surface area contributed by atoms with Gasteiger partial charge in [0.1, 0.15) is 14.7 Å². The molecule has 0 aliphatic heterocycles. The highest BCUT2D eigenvalue weighted by Crippen LogP contribution is 2.08. The molecule has 0 heterocycles. The van der Waals surface area contributed by atoms with E-state index in [1.54, 1.807) is 0 Å². The van der Waals surface area contributed by atoms with Crippen molar-refractivity contribution in [2.75, 3.05) is 13.2 Å². The molecule has 0 aromatic rings. The van der Waals surface area contributed by atoms with E-state index in [4.69, 9.17) is 14.2 Å². The van der Waals surface area contributed by atoms with Gasteiger partial charge < -0.3 is 14.2 Å². The van der Waals surface area contributed by atoms with Crippen LogP contribution in [-0.4, -0.2) is 39.6 Å². The molecule has 4 nitrogen and oxygen atoms in total. The SMILES string of the molecule is C=CC(=O)OC(C)[SiH](C)C(OCC)OCC. The maximum Gasteiger partial charge on any atom is 0.330 e. The second-order valence-corrected chi connectivity index (χ2v) is 6.69. The van der Waals surface area contributed by atoms with Gasteiger partial charge in [-0.05, 0) is 20.8 Å². The average molecular weight is 246 g/mol. The molecule has 0 rings (SSSR count). The lowest BCUT2D eigenvalue weighted by molar-refractivity contribution is -0.140. The normalized spacial score (nSPS) is 14.6. The third-order valence-corrected chi connectivity index (χ3v) is 5.16. The van der Waals surface area contributed by atoms with Gasteiger partial charge >= 0.3 is 5.97 Å². The summed E-state index contributed by atoms with van der Waals surface area (Å²) >= 11 is 0. The Bertz CT molecular complexity index is 214. The van der Waals surface area contributed by atoms with Crippen molar-refractivity contribution in [3.63, 3.8) is 0 Å². The Kier molecular flexibility index (Phi) is 8.15. The summed E-state index contributed by atoms with van der Waals surface area (Å²) in [5.74, 6) is -0.596. The van der Waals surface area contributed by atoms with Crippen molar-refractivity contribution in [3.05, 3.63) is 12.7 Å². The van der Waals surface area contributed by atoms with Crippen LogP contribution < -0.4 is 0 Å². The van der Waals surface area contributed by atoms with E-state index in [1.807, 2.05) is 20.8 Å². The van der Waals surface area contributed by atoms with E-state index in [9.17, 15) is 4.79 Å². The Morgan fingerprint density at radius 1 is 1.38 bits per heavy atom. The van der Waals surface area contributed by atoms with Crippen molar-refractivity contribution < 1.29 is 19.0 Å². The summed E-state index contributed by atoms with van der Waals surface area (Å²) in [6.45, 7) is 12.4.